The summed E-state index contributed by atoms with van der Waals surface area (Å²) in [4.78, 5) is 24.4. The minimum Gasteiger partial charge on any atom is -0.481 e. The molecule has 4 nitrogen and oxygen atoms in total. The molecule has 1 saturated heterocycles. The third-order valence-electron chi connectivity index (χ3n) is 3.22. The summed E-state index contributed by atoms with van der Waals surface area (Å²) in [5, 5.41) is 8.94. The predicted molar refractivity (Wildman–Crippen MR) is 62.6 cm³/mol. The Balaban J connectivity index is 2.14. The van der Waals surface area contributed by atoms with E-state index in [2.05, 4.69) is 0 Å². The van der Waals surface area contributed by atoms with E-state index in [0.29, 0.717) is 19.4 Å². The van der Waals surface area contributed by atoms with Crippen molar-refractivity contribution in [3.8, 4) is 0 Å². The van der Waals surface area contributed by atoms with Gasteiger partial charge in [-0.25, -0.2) is 8.78 Å². The lowest BCUT2D eigenvalue weighted by molar-refractivity contribution is -0.143. The lowest BCUT2D eigenvalue weighted by Crippen LogP contribution is -2.42. The zero-order chi connectivity index (χ0) is 14.0. The van der Waals surface area contributed by atoms with Gasteiger partial charge in [0.25, 0.3) is 5.91 Å². The van der Waals surface area contributed by atoms with Crippen molar-refractivity contribution in [2.24, 2.45) is 5.92 Å². The summed E-state index contributed by atoms with van der Waals surface area (Å²) < 4.78 is 25.9. The summed E-state index contributed by atoms with van der Waals surface area (Å²) in [7, 11) is 0. The first kappa shape index (κ1) is 13.5. The van der Waals surface area contributed by atoms with Crippen molar-refractivity contribution in [1.82, 2.24) is 4.90 Å². The number of hydrogen-bond donors (Lipinski definition) is 1. The number of hydrogen-bond acceptors (Lipinski definition) is 2. The molecule has 0 aromatic heterocycles. The van der Waals surface area contributed by atoms with Gasteiger partial charge in [0.15, 0.2) is 11.6 Å². The van der Waals surface area contributed by atoms with E-state index in [1.807, 2.05) is 0 Å². The van der Waals surface area contributed by atoms with Crippen molar-refractivity contribution in [3.63, 3.8) is 0 Å². The number of benzene rings is 1. The van der Waals surface area contributed by atoms with Gasteiger partial charge in [-0.3, -0.25) is 9.59 Å². The van der Waals surface area contributed by atoms with Gasteiger partial charge in [0.1, 0.15) is 0 Å². The molecule has 102 valence electrons. The van der Waals surface area contributed by atoms with Crippen LogP contribution < -0.4 is 0 Å². The summed E-state index contributed by atoms with van der Waals surface area (Å²) in [6.45, 7) is 0.536. The molecule has 1 N–H and O–H groups in total. The van der Waals surface area contributed by atoms with Crippen LogP contribution in [0.5, 0.6) is 0 Å². The molecule has 2 rings (SSSR count). The zero-order valence-corrected chi connectivity index (χ0v) is 10.1. The van der Waals surface area contributed by atoms with E-state index in [9.17, 15) is 18.4 Å². The van der Waals surface area contributed by atoms with Crippen molar-refractivity contribution in [3.05, 3.63) is 35.4 Å². The van der Waals surface area contributed by atoms with Gasteiger partial charge in [0, 0.05) is 18.7 Å². The van der Waals surface area contributed by atoms with Gasteiger partial charge >= 0.3 is 5.97 Å². The van der Waals surface area contributed by atoms with Gasteiger partial charge in [-0.2, -0.15) is 0 Å². The van der Waals surface area contributed by atoms with Crippen LogP contribution in [0.4, 0.5) is 8.78 Å². The lowest BCUT2D eigenvalue weighted by Gasteiger charge is -2.30. The first-order valence-corrected chi connectivity index (χ1v) is 5.96. The molecule has 1 aliphatic rings. The fraction of sp³-hybridized carbons (Fsp3) is 0.385. The highest BCUT2D eigenvalue weighted by molar-refractivity contribution is 5.94. The van der Waals surface area contributed by atoms with E-state index in [1.165, 1.54) is 11.0 Å². The van der Waals surface area contributed by atoms with Gasteiger partial charge in [-0.1, -0.05) is 0 Å². The maximum atomic E-state index is 13.1. The molecule has 1 atom stereocenters. The van der Waals surface area contributed by atoms with Crippen LogP contribution >= 0.6 is 0 Å². The highest BCUT2D eigenvalue weighted by Gasteiger charge is 2.28. The maximum absolute atomic E-state index is 13.1. The third kappa shape index (κ3) is 2.89. The molecule has 1 fully saturated rings. The van der Waals surface area contributed by atoms with Crippen molar-refractivity contribution >= 4 is 11.9 Å². The van der Waals surface area contributed by atoms with Crippen LogP contribution in [-0.2, 0) is 4.79 Å². The molecular weight excluding hydrogens is 256 g/mol. The van der Waals surface area contributed by atoms with Gasteiger partial charge < -0.3 is 10.0 Å². The number of nitrogens with zero attached hydrogens (tertiary/aromatic N) is 1. The fourth-order valence-electron chi connectivity index (χ4n) is 2.17. The molecule has 0 saturated carbocycles. The number of carboxylic acid groups (broad SMARTS) is 1. The van der Waals surface area contributed by atoms with Crippen LogP contribution in [0.2, 0.25) is 0 Å². The molecule has 0 radical (unpaired) electrons. The molecule has 0 spiro atoms. The highest BCUT2D eigenvalue weighted by atomic mass is 19.2. The smallest absolute Gasteiger partial charge is 0.308 e. The van der Waals surface area contributed by atoms with Gasteiger partial charge in [0.2, 0.25) is 0 Å². The minimum absolute atomic E-state index is 0.0324. The van der Waals surface area contributed by atoms with E-state index >= 15 is 0 Å². The molecule has 1 aliphatic heterocycles. The second-order valence-corrected chi connectivity index (χ2v) is 4.56. The Bertz CT molecular complexity index is 519. The van der Waals surface area contributed by atoms with E-state index in [4.69, 9.17) is 5.11 Å². The summed E-state index contributed by atoms with van der Waals surface area (Å²) in [5.41, 5.74) is 0.0324. The number of aliphatic carboxylic acids is 1. The minimum atomic E-state index is -1.09. The molecule has 1 amide bonds. The quantitative estimate of drug-likeness (QED) is 0.892. The summed E-state index contributed by atoms with van der Waals surface area (Å²) in [5.74, 6) is -4.10. The lowest BCUT2D eigenvalue weighted by atomic mass is 9.97. The number of carbonyl (C=O) groups excluding carboxylic acids is 1. The molecule has 0 aliphatic carbocycles. The Morgan fingerprint density at radius 1 is 1.26 bits per heavy atom. The topological polar surface area (TPSA) is 57.6 Å². The summed E-state index contributed by atoms with van der Waals surface area (Å²) in [6.07, 6.45) is 1.11. The predicted octanol–water partition coefficient (Wildman–Crippen LogP) is 1.90. The van der Waals surface area contributed by atoms with Crippen molar-refractivity contribution in [2.45, 2.75) is 12.8 Å². The first-order valence-electron chi connectivity index (χ1n) is 5.96. The summed E-state index contributed by atoms with van der Waals surface area (Å²) >= 11 is 0. The number of halogens is 2. The number of likely N-dealkylation sites (tertiary alicyclic amines) is 1. The standard InChI is InChI=1S/C13H13F2NO3/c14-10-4-3-8(6-11(10)15)12(17)16-5-1-2-9(7-16)13(18)19/h3-4,6,9H,1-2,5,7H2,(H,18,19). The first-order chi connectivity index (χ1) is 8.99. The highest BCUT2D eigenvalue weighted by Crippen LogP contribution is 2.19. The Kier molecular flexibility index (Phi) is 3.78. The van der Waals surface area contributed by atoms with Crippen molar-refractivity contribution < 1.29 is 23.5 Å². The monoisotopic (exact) mass is 269 g/mol. The Hall–Kier alpha value is -1.98. The number of rotatable bonds is 2. The number of carbonyl (C=O) groups is 2. The van der Waals surface area contributed by atoms with Gasteiger partial charge in [-0.15, -0.1) is 0 Å². The molecule has 0 bridgehead atoms. The average Bonchev–Trinajstić information content (AvgIpc) is 2.41. The van der Waals surface area contributed by atoms with E-state index < -0.39 is 29.4 Å². The zero-order valence-electron chi connectivity index (χ0n) is 10.1. The molecule has 19 heavy (non-hydrogen) atoms. The number of piperidine rings is 1. The van der Waals surface area contributed by atoms with Crippen LogP contribution in [0.1, 0.15) is 23.2 Å². The Morgan fingerprint density at radius 3 is 2.63 bits per heavy atom. The van der Waals surface area contributed by atoms with Crippen molar-refractivity contribution in [2.75, 3.05) is 13.1 Å². The fourth-order valence-corrected chi connectivity index (χ4v) is 2.17. The van der Waals surface area contributed by atoms with Gasteiger partial charge in [0.05, 0.1) is 5.92 Å². The van der Waals surface area contributed by atoms with E-state index in [-0.39, 0.29) is 12.1 Å². The van der Waals surface area contributed by atoms with Crippen LogP contribution in [0.3, 0.4) is 0 Å². The maximum Gasteiger partial charge on any atom is 0.308 e. The SMILES string of the molecule is O=C(O)C1CCCN(C(=O)c2ccc(F)c(F)c2)C1. The average molecular weight is 269 g/mol. The number of amides is 1. The largest absolute Gasteiger partial charge is 0.481 e. The molecule has 1 aromatic rings. The Labute approximate surface area is 108 Å². The van der Waals surface area contributed by atoms with Crippen molar-refractivity contribution in [1.29, 1.82) is 0 Å². The second kappa shape index (κ2) is 5.34. The Morgan fingerprint density at radius 2 is 2.00 bits per heavy atom. The van der Waals surface area contributed by atoms with E-state index in [0.717, 1.165) is 12.1 Å². The number of carboxylic acids is 1. The van der Waals surface area contributed by atoms with Crippen LogP contribution in [0.25, 0.3) is 0 Å². The van der Waals surface area contributed by atoms with Gasteiger partial charge in [-0.05, 0) is 31.0 Å². The van der Waals surface area contributed by atoms with Crippen LogP contribution in [0.15, 0.2) is 18.2 Å². The summed E-state index contributed by atoms with van der Waals surface area (Å²) in [6, 6.07) is 2.92. The van der Waals surface area contributed by atoms with E-state index in [1.54, 1.807) is 0 Å². The van der Waals surface area contributed by atoms with Crippen LogP contribution in [-0.4, -0.2) is 35.0 Å². The molecule has 1 heterocycles. The normalized spacial score (nSPS) is 19.3. The molecular formula is C13H13F2NO3. The third-order valence-corrected chi connectivity index (χ3v) is 3.22. The van der Waals surface area contributed by atoms with Crippen LogP contribution in [0, 0.1) is 17.6 Å². The molecule has 1 aromatic carbocycles. The molecule has 6 heteroatoms. The second-order valence-electron chi connectivity index (χ2n) is 4.56. The molecule has 1 unspecified atom stereocenters.